The molecule has 2 aliphatic rings. The summed E-state index contributed by atoms with van der Waals surface area (Å²) in [5.41, 5.74) is 7.83. The van der Waals surface area contributed by atoms with Crippen LogP contribution in [0.2, 0.25) is 0 Å². The van der Waals surface area contributed by atoms with Crippen LogP contribution in [-0.4, -0.2) is 18.5 Å². The molecule has 3 aromatic carbocycles. The number of aliphatic imine (C=N–C) groups is 1. The maximum absolute atomic E-state index is 4.97. The van der Waals surface area contributed by atoms with Crippen molar-refractivity contribution in [2.24, 2.45) is 4.99 Å². The van der Waals surface area contributed by atoms with Gasteiger partial charge in [-0.25, -0.2) is 0 Å². The zero-order valence-corrected chi connectivity index (χ0v) is 16.5. The summed E-state index contributed by atoms with van der Waals surface area (Å²) in [4.78, 5) is 9.79. The number of aryl methyl sites for hydroxylation is 2. The highest BCUT2D eigenvalue weighted by Crippen LogP contribution is 2.41. The molecule has 0 radical (unpaired) electrons. The predicted molar refractivity (Wildman–Crippen MR) is 117 cm³/mol. The van der Waals surface area contributed by atoms with E-state index in [0.717, 1.165) is 25.5 Å². The van der Waals surface area contributed by atoms with Gasteiger partial charge in [0.05, 0.1) is 30.5 Å². The molecule has 0 saturated carbocycles. The van der Waals surface area contributed by atoms with Crippen LogP contribution in [0.3, 0.4) is 0 Å². The second kappa shape index (κ2) is 6.83. The molecule has 140 valence electrons. The van der Waals surface area contributed by atoms with E-state index in [1.807, 2.05) is 0 Å². The molecule has 0 aliphatic carbocycles. The number of hydrogen-bond donors (Lipinski definition) is 0. The molecular weight excluding hydrogens is 342 g/mol. The molecule has 0 fully saturated rings. The predicted octanol–water partition coefficient (Wildman–Crippen LogP) is 5.11. The highest BCUT2D eigenvalue weighted by molar-refractivity contribution is 6.17. The van der Waals surface area contributed by atoms with Crippen LogP contribution >= 0.6 is 0 Å². The van der Waals surface area contributed by atoms with Crippen molar-refractivity contribution in [2.75, 3.05) is 16.3 Å². The van der Waals surface area contributed by atoms with Gasteiger partial charge in [-0.1, -0.05) is 71.8 Å². The van der Waals surface area contributed by atoms with Crippen molar-refractivity contribution < 1.29 is 0 Å². The average molecular weight is 367 g/mol. The minimum absolute atomic E-state index is 0.377. The Morgan fingerprint density at radius 3 is 2.07 bits per heavy atom. The van der Waals surface area contributed by atoms with Crippen LogP contribution in [0.1, 0.15) is 22.3 Å². The summed E-state index contributed by atoms with van der Waals surface area (Å²) < 4.78 is 0. The van der Waals surface area contributed by atoms with E-state index in [2.05, 4.69) is 96.4 Å². The van der Waals surface area contributed by atoms with Crippen LogP contribution in [0.5, 0.6) is 0 Å². The van der Waals surface area contributed by atoms with Gasteiger partial charge >= 0.3 is 0 Å². The van der Waals surface area contributed by atoms with E-state index in [0.29, 0.717) is 6.04 Å². The average Bonchev–Trinajstić information content (AvgIpc) is 3.25. The number of benzene rings is 3. The second-order valence-corrected chi connectivity index (χ2v) is 7.91. The fourth-order valence-corrected chi connectivity index (χ4v) is 4.22. The van der Waals surface area contributed by atoms with Crippen LogP contribution in [0.25, 0.3) is 0 Å². The van der Waals surface area contributed by atoms with Gasteiger partial charge in [-0.05, 0) is 43.5 Å². The zero-order chi connectivity index (χ0) is 19.1. The summed E-state index contributed by atoms with van der Waals surface area (Å²) >= 11 is 0. The van der Waals surface area contributed by atoms with Gasteiger partial charge in [0.1, 0.15) is 0 Å². The van der Waals surface area contributed by atoms with E-state index in [1.54, 1.807) is 0 Å². The third kappa shape index (κ3) is 2.97. The number of para-hydroxylation sites is 2. The Kier molecular flexibility index (Phi) is 4.16. The van der Waals surface area contributed by atoms with E-state index in [4.69, 9.17) is 4.99 Å². The Hall–Kier alpha value is -3.07. The lowest BCUT2D eigenvalue weighted by molar-refractivity contribution is 0.707. The Bertz CT molecular complexity index is 1020. The van der Waals surface area contributed by atoms with Crippen LogP contribution < -0.4 is 9.80 Å². The molecule has 0 aromatic heterocycles. The van der Waals surface area contributed by atoms with Gasteiger partial charge in [-0.3, -0.25) is 4.99 Å². The maximum Gasteiger partial charge on any atom is 0.206 e. The van der Waals surface area contributed by atoms with E-state index >= 15 is 0 Å². The normalized spacial score (nSPS) is 17.5. The smallest absolute Gasteiger partial charge is 0.206 e. The van der Waals surface area contributed by atoms with Gasteiger partial charge in [-0.2, -0.15) is 0 Å². The van der Waals surface area contributed by atoms with Crippen molar-refractivity contribution in [1.29, 1.82) is 0 Å². The van der Waals surface area contributed by atoms with Gasteiger partial charge in [0.2, 0.25) is 5.96 Å². The summed E-state index contributed by atoms with van der Waals surface area (Å²) in [5, 5.41) is 0. The molecule has 0 saturated heterocycles. The second-order valence-electron chi connectivity index (χ2n) is 7.91. The molecule has 3 heteroatoms. The Morgan fingerprint density at radius 2 is 1.39 bits per heavy atom. The molecular formula is C25H25N3. The van der Waals surface area contributed by atoms with Crippen LogP contribution in [0.15, 0.2) is 77.8 Å². The molecule has 2 aliphatic heterocycles. The highest BCUT2D eigenvalue weighted by Gasteiger charge is 2.40. The van der Waals surface area contributed by atoms with Crippen LogP contribution in [0, 0.1) is 13.8 Å². The van der Waals surface area contributed by atoms with Gasteiger partial charge in [-0.15, -0.1) is 0 Å². The van der Waals surface area contributed by atoms with Crippen molar-refractivity contribution in [1.82, 2.24) is 0 Å². The molecule has 5 rings (SSSR count). The molecule has 3 aromatic rings. The molecule has 1 atom stereocenters. The lowest BCUT2D eigenvalue weighted by atomic mass is 10.0. The summed E-state index contributed by atoms with van der Waals surface area (Å²) in [6.07, 6.45) is 1.01. The minimum atomic E-state index is 0.377. The minimum Gasteiger partial charge on any atom is -0.306 e. The quantitative estimate of drug-likeness (QED) is 0.638. The van der Waals surface area contributed by atoms with Gasteiger partial charge in [0.15, 0.2) is 0 Å². The van der Waals surface area contributed by atoms with Crippen molar-refractivity contribution >= 4 is 17.3 Å². The van der Waals surface area contributed by atoms with Crippen molar-refractivity contribution in [3.8, 4) is 0 Å². The van der Waals surface area contributed by atoms with Crippen molar-refractivity contribution in [3.63, 3.8) is 0 Å². The Morgan fingerprint density at radius 1 is 0.786 bits per heavy atom. The van der Waals surface area contributed by atoms with E-state index in [1.165, 1.54) is 33.6 Å². The number of guanidine groups is 1. The fourth-order valence-electron chi connectivity index (χ4n) is 4.22. The fraction of sp³-hybridized carbons (Fsp3) is 0.240. The third-order valence-corrected chi connectivity index (χ3v) is 5.75. The molecule has 0 spiro atoms. The number of anilines is 2. The van der Waals surface area contributed by atoms with Crippen LogP contribution in [0.4, 0.5) is 11.4 Å². The Labute approximate surface area is 167 Å². The zero-order valence-electron chi connectivity index (χ0n) is 16.5. The highest BCUT2D eigenvalue weighted by atomic mass is 15.5. The van der Waals surface area contributed by atoms with E-state index < -0.39 is 0 Å². The van der Waals surface area contributed by atoms with Gasteiger partial charge in [0.25, 0.3) is 0 Å². The summed E-state index contributed by atoms with van der Waals surface area (Å²) in [6.45, 7) is 5.97. The van der Waals surface area contributed by atoms with Crippen molar-refractivity contribution in [2.45, 2.75) is 32.9 Å². The number of hydrogen-bond acceptors (Lipinski definition) is 3. The van der Waals surface area contributed by atoms with E-state index in [9.17, 15) is 0 Å². The summed E-state index contributed by atoms with van der Waals surface area (Å²) in [6, 6.07) is 26.8. The van der Waals surface area contributed by atoms with Gasteiger partial charge < -0.3 is 9.80 Å². The topological polar surface area (TPSA) is 18.8 Å². The first-order valence-corrected chi connectivity index (χ1v) is 10.0. The monoisotopic (exact) mass is 367 g/mol. The molecule has 0 amide bonds. The SMILES string of the molecule is Cc1ccc(C[C@H]2CN=C3N(Cc4ccc(C)cc4)c4ccccc4N32)cc1. The maximum atomic E-state index is 4.97. The molecule has 0 bridgehead atoms. The first-order chi connectivity index (χ1) is 13.7. The first-order valence-electron chi connectivity index (χ1n) is 10.0. The van der Waals surface area contributed by atoms with E-state index in [-0.39, 0.29) is 0 Å². The lowest BCUT2D eigenvalue weighted by Crippen LogP contribution is -2.41. The number of fused-ring (bicyclic) bond motifs is 3. The molecule has 0 unspecified atom stereocenters. The van der Waals surface area contributed by atoms with Crippen LogP contribution in [-0.2, 0) is 13.0 Å². The lowest BCUT2D eigenvalue weighted by Gasteiger charge is -2.24. The number of nitrogens with zero attached hydrogens (tertiary/aromatic N) is 3. The molecule has 2 heterocycles. The number of rotatable bonds is 4. The first kappa shape index (κ1) is 17.1. The largest absolute Gasteiger partial charge is 0.306 e. The van der Waals surface area contributed by atoms with Gasteiger partial charge in [0, 0.05) is 0 Å². The molecule has 0 N–H and O–H groups in total. The standard InChI is InChI=1S/C25H25N3/c1-18-7-11-20(12-8-18)15-22-16-26-25-27(17-21-13-9-19(2)10-14-21)23-5-3-4-6-24(23)28(22)25/h3-14,22H,15-17H2,1-2H3/t22-/m0/s1. The molecule has 3 nitrogen and oxygen atoms in total. The third-order valence-electron chi connectivity index (χ3n) is 5.75. The Balaban J connectivity index is 1.44. The van der Waals surface area contributed by atoms with Crippen molar-refractivity contribution in [3.05, 3.63) is 95.1 Å². The summed E-state index contributed by atoms with van der Waals surface area (Å²) in [5.74, 6) is 1.10. The summed E-state index contributed by atoms with van der Waals surface area (Å²) in [7, 11) is 0. The molecule has 28 heavy (non-hydrogen) atoms.